The van der Waals surface area contributed by atoms with Crippen LogP contribution in [-0.4, -0.2) is 16.5 Å². The molecular formula is C17H19N3O. The molecule has 0 unspecified atom stereocenters. The molecular weight excluding hydrogens is 262 g/mol. The Morgan fingerprint density at radius 3 is 2.62 bits per heavy atom. The van der Waals surface area contributed by atoms with Crippen LogP contribution in [-0.2, 0) is 6.54 Å². The van der Waals surface area contributed by atoms with Gasteiger partial charge in [0.05, 0.1) is 18.5 Å². The number of fused-ring (bicyclic) bond motifs is 1. The fourth-order valence-corrected chi connectivity index (χ4v) is 2.61. The first-order valence-corrected chi connectivity index (χ1v) is 6.96. The molecule has 0 aliphatic rings. The predicted molar refractivity (Wildman–Crippen MR) is 84.5 cm³/mol. The Labute approximate surface area is 124 Å². The van der Waals surface area contributed by atoms with Crippen LogP contribution in [0.3, 0.4) is 0 Å². The number of ether oxygens (including phenoxy) is 1. The molecule has 3 aromatic rings. The van der Waals surface area contributed by atoms with Crippen LogP contribution in [0.5, 0.6) is 5.75 Å². The summed E-state index contributed by atoms with van der Waals surface area (Å²) < 4.78 is 7.53. The fourth-order valence-electron chi connectivity index (χ4n) is 2.61. The maximum atomic E-state index is 5.96. The van der Waals surface area contributed by atoms with Crippen LogP contribution in [0.4, 0.5) is 0 Å². The second kappa shape index (κ2) is 5.22. The maximum Gasteiger partial charge on any atom is 0.137 e. The number of imidazole rings is 1. The zero-order valence-corrected chi connectivity index (χ0v) is 12.6. The zero-order valence-electron chi connectivity index (χ0n) is 12.6. The molecule has 0 aliphatic heterocycles. The molecule has 0 spiro atoms. The number of hydrogen-bond acceptors (Lipinski definition) is 3. The van der Waals surface area contributed by atoms with Crippen molar-refractivity contribution in [1.82, 2.24) is 9.38 Å². The van der Waals surface area contributed by atoms with Crippen molar-refractivity contribution < 1.29 is 4.74 Å². The number of aromatic nitrogens is 2. The highest BCUT2D eigenvalue weighted by atomic mass is 16.5. The Balaban J connectivity index is 2.32. The Hall–Kier alpha value is -2.33. The van der Waals surface area contributed by atoms with E-state index >= 15 is 0 Å². The van der Waals surface area contributed by atoms with E-state index in [-0.39, 0.29) is 0 Å². The highest BCUT2D eigenvalue weighted by molar-refractivity contribution is 5.73. The van der Waals surface area contributed by atoms with E-state index in [2.05, 4.69) is 32.0 Å². The Bertz CT molecular complexity index is 805. The normalized spacial score (nSPS) is 11.0. The molecule has 0 amide bonds. The van der Waals surface area contributed by atoms with Crippen molar-refractivity contribution >= 4 is 5.65 Å². The first-order chi connectivity index (χ1) is 10.1. The van der Waals surface area contributed by atoms with E-state index in [1.54, 1.807) is 7.11 Å². The van der Waals surface area contributed by atoms with Gasteiger partial charge < -0.3 is 14.9 Å². The molecule has 2 aromatic heterocycles. The van der Waals surface area contributed by atoms with Gasteiger partial charge in [0.15, 0.2) is 0 Å². The third-order valence-corrected chi connectivity index (χ3v) is 3.68. The first-order valence-electron chi connectivity index (χ1n) is 6.96. The molecule has 1 aromatic carbocycles. The largest absolute Gasteiger partial charge is 0.496 e. The van der Waals surface area contributed by atoms with Gasteiger partial charge in [-0.2, -0.15) is 0 Å². The average molecular weight is 281 g/mol. The molecule has 0 saturated heterocycles. The second-order valence-corrected chi connectivity index (χ2v) is 5.25. The standard InChI is InChI=1S/C17H19N3O/c1-11-4-5-15(21-3)13(8-11)17-14(10-18)20-7-6-12(2)9-16(20)19-17/h4-9H,10,18H2,1-3H3. The molecule has 2 heterocycles. The number of pyridine rings is 1. The van der Waals surface area contributed by atoms with Crippen LogP contribution in [0.1, 0.15) is 16.8 Å². The van der Waals surface area contributed by atoms with Gasteiger partial charge in [0, 0.05) is 18.3 Å². The van der Waals surface area contributed by atoms with Gasteiger partial charge in [-0.25, -0.2) is 4.98 Å². The average Bonchev–Trinajstić information content (AvgIpc) is 2.84. The van der Waals surface area contributed by atoms with Crippen LogP contribution in [0, 0.1) is 13.8 Å². The van der Waals surface area contributed by atoms with E-state index in [1.807, 2.05) is 22.7 Å². The third-order valence-electron chi connectivity index (χ3n) is 3.68. The lowest BCUT2D eigenvalue weighted by atomic mass is 10.1. The summed E-state index contributed by atoms with van der Waals surface area (Å²) in [6.45, 7) is 4.55. The summed E-state index contributed by atoms with van der Waals surface area (Å²) in [7, 11) is 1.68. The number of aryl methyl sites for hydroxylation is 2. The summed E-state index contributed by atoms with van der Waals surface area (Å²) in [5.41, 5.74) is 12.1. The number of nitrogens with two attached hydrogens (primary N) is 1. The van der Waals surface area contributed by atoms with Gasteiger partial charge in [-0.15, -0.1) is 0 Å². The molecule has 0 fully saturated rings. The van der Waals surface area contributed by atoms with Crippen LogP contribution < -0.4 is 10.5 Å². The van der Waals surface area contributed by atoms with Gasteiger partial charge in [-0.05, 0) is 43.7 Å². The highest BCUT2D eigenvalue weighted by Gasteiger charge is 2.16. The van der Waals surface area contributed by atoms with Crippen molar-refractivity contribution in [2.75, 3.05) is 7.11 Å². The quantitative estimate of drug-likeness (QED) is 0.802. The molecule has 4 nitrogen and oxygen atoms in total. The van der Waals surface area contributed by atoms with E-state index in [0.29, 0.717) is 6.54 Å². The Morgan fingerprint density at radius 2 is 1.90 bits per heavy atom. The molecule has 0 aliphatic carbocycles. The molecule has 0 saturated carbocycles. The zero-order chi connectivity index (χ0) is 15.0. The van der Waals surface area contributed by atoms with Gasteiger partial charge >= 0.3 is 0 Å². The van der Waals surface area contributed by atoms with Gasteiger partial charge in [0.25, 0.3) is 0 Å². The van der Waals surface area contributed by atoms with E-state index in [1.165, 1.54) is 11.1 Å². The number of hydrogen-bond donors (Lipinski definition) is 1. The maximum absolute atomic E-state index is 5.96. The number of methoxy groups -OCH3 is 1. The van der Waals surface area contributed by atoms with E-state index < -0.39 is 0 Å². The van der Waals surface area contributed by atoms with Crippen LogP contribution in [0.2, 0.25) is 0 Å². The lowest BCUT2D eigenvalue weighted by Gasteiger charge is -2.09. The molecule has 2 N–H and O–H groups in total. The fraction of sp³-hybridized carbons (Fsp3) is 0.235. The molecule has 0 atom stereocenters. The van der Waals surface area contributed by atoms with Crippen molar-refractivity contribution in [3.63, 3.8) is 0 Å². The Kier molecular flexibility index (Phi) is 3.39. The monoisotopic (exact) mass is 281 g/mol. The lowest BCUT2D eigenvalue weighted by Crippen LogP contribution is -2.03. The summed E-state index contributed by atoms with van der Waals surface area (Å²) in [6, 6.07) is 10.2. The van der Waals surface area contributed by atoms with Gasteiger partial charge in [-0.3, -0.25) is 0 Å². The topological polar surface area (TPSA) is 52.5 Å². The summed E-state index contributed by atoms with van der Waals surface area (Å²) >= 11 is 0. The minimum atomic E-state index is 0.427. The third kappa shape index (κ3) is 2.28. The number of benzene rings is 1. The highest BCUT2D eigenvalue weighted by Crippen LogP contribution is 2.33. The molecule has 3 rings (SSSR count). The van der Waals surface area contributed by atoms with Gasteiger partial charge in [0.1, 0.15) is 11.4 Å². The minimum absolute atomic E-state index is 0.427. The van der Waals surface area contributed by atoms with E-state index in [9.17, 15) is 0 Å². The first kappa shape index (κ1) is 13.6. The van der Waals surface area contributed by atoms with Crippen molar-refractivity contribution in [2.45, 2.75) is 20.4 Å². The molecule has 4 heteroatoms. The van der Waals surface area contributed by atoms with Crippen molar-refractivity contribution in [2.24, 2.45) is 5.73 Å². The van der Waals surface area contributed by atoms with Gasteiger partial charge in [0.2, 0.25) is 0 Å². The molecule has 108 valence electrons. The summed E-state index contributed by atoms with van der Waals surface area (Å²) in [5.74, 6) is 0.815. The van der Waals surface area contributed by atoms with Crippen molar-refractivity contribution in [3.05, 3.63) is 53.3 Å². The predicted octanol–water partition coefficient (Wildman–Crippen LogP) is 3.09. The summed E-state index contributed by atoms with van der Waals surface area (Å²) in [6.07, 6.45) is 2.02. The van der Waals surface area contributed by atoms with E-state index in [0.717, 1.165) is 28.3 Å². The summed E-state index contributed by atoms with van der Waals surface area (Å²) in [5, 5.41) is 0. The van der Waals surface area contributed by atoms with Crippen molar-refractivity contribution in [1.29, 1.82) is 0 Å². The van der Waals surface area contributed by atoms with E-state index in [4.69, 9.17) is 15.5 Å². The molecule has 21 heavy (non-hydrogen) atoms. The van der Waals surface area contributed by atoms with Gasteiger partial charge in [-0.1, -0.05) is 11.6 Å². The lowest BCUT2D eigenvalue weighted by molar-refractivity contribution is 0.416. The smallest absolute Gasteiger partial charge is 0.137 e. The Morgan fingerprint density at radius 1 is 1.14 bits per heavy atom. The molecule has 0 bridgehead atoms. The second-order valence-electron chi connectivity index (χ2n) is 5.25. The summed E-state index contributed by atoms with van der Waals surface area (Å²) in [4.78, 5) is 4.77. The number of nitrogens with zero attached hydrogens (tertiary/aromatic N) is 2. The van der Waals surface area contributed by atoms with Crippen LogP contribution in [0.25, 0.3) is 16.9 Å². The van der Waals surface area contributed by atoms with Crippen LogP contribution >= 0.6 is 0 Å². The van der Waals surface area contributed by atoms with Crippen LogP contribution in [0.15, 0.2) is 36.5 Å². The SMILES string of the molecule is COc1ccc(C)cc1-c1nc2cc(C)ccn2c1CN. The number of rotatable bonds is 3. The molecule has 0 radical (unpaired) electrons. The van der Waals surface area contributed by atoms with Crippen molar-refractivity contribution in [3.8, 4) is 17.0 Å². The minimum Gasteiger partial charge on any atom is -0.496 e.